The van der Waals surface area contributed by atoms with Gasteiger partial charge >= 0.3 is 6.09 Å². The van der Waals surface area contributed by atoms with Crippen molar-refractivity contribution in [3.05, 3.63) is 54.6 Å². The van der Waals surface area contributed by atoms with Crippen molar-refractivity contribution < 1.29 is 9.53 Å². The van der Waals surface area contributed by atoms with Crippen LogP contribution in [0.2, 0.25) is 0 Å². The minimum absolute atomic E-state index is 0.0472. The van der Waals surface area contributed by atoms with Crippen LogP contribution in [-0.4, -0.2) is 25.3 Å². The third kappa shape index (κ3) is 3.15. The second kappa shape index (κ2) is 6.65. The van der Waals surface area contributed by atoms with Gasteiger partial charge in [0, 0.05) is 5.56 Å². The van der Waals surface area contributed by atoms with Gasteiger partial charge in [0.2, 0.25) is 0 Å². The average Bonchev–Trinajstić information content (AvgIpc) is 3.17. The summed E-state index contributed by atoms with van der Waals surface area (Å²) in [5, 5.41) is 6.33. The molecule has 124 valence electrons. The van der Waals surface area contributed by atoms with E-state index >= 15 is 0 Å². The first-order valence-electron chi connectivity index (χ1n) is 8.62. The van der Waals surface area contributed by atoms with Crippen LogP contribution < -0.4 is 10.6 Å². The van der Waals surface area contributed by atoms with Crippen molar-refractivity contribution in [1.29, 1.82) is 0 Å². The van der Waals surface area contributed by atoms with Crippen LogP contribution in [0.3, 0.4) is 0 Å². The van der Waals surface area contributed by atoms with E-state index in [-0.39, 0.29) is 12.2 Å². The van der Waals surface area contributed by atoms with Gasteiger partial charge in [0.05, 0.1) is 5.69 Å². The summed E-state index contributed by atoms with van der Waals surface area (Å²) in [6.45, 7) is 2.12. The molecule has 1 saturated heterocycles. The summed E-state index contributed by atoms with van der Waals surface area (Å²) in [5.74, 6) is 1.33. The summed E-state index contributed by atoms with van der Waals surface area (Å²) in [5.41, 5.74) is 2.87. The zero-order valence-electron chi connectivity index (χ0n) is 13.6. The van der Waals surface area contributed by atoms with Crippen molar-refractivity contribution in [2.45, 2.75) is 18.9 Å². The number of fused-ring (bicyclic) bond motifs is 1. The molecule has 2 aliphatic rings. The highest BCUT2D eigenvalue weighted by molar-refractivity contribution is 5.91. The number of amides is 1. The van der Waals surface area contributed by atoms with Gasteiger partial charge in [0.25, 0.3) is 0 Å². The van der Waals surface area contributed by atoms with Gasteiger partial charge in [-0.2, -0.15) is 0 Å². The maximum atomic E-state index is 12.3. The van der Waals surface area contributed by atoms with Crippen molar-refractivity contribution in [3.8, 4) is 11.1 Å². The van der Waals surface area contributed by atoms with Crippen LogP contribution in [0.25, 0.3) is 11.1 Å². The van der Waals surface area contributed by atoms with Gasteiger partial charge in [-0.25, -0.2) is 4.79 Å². The number of ether oxygens (including phenoxy) is 1. The van der Waals surface area contributed by atoms with E-state index in [2.05, 4.69) is 10.6 Å². The lowest BCUT2D eigenvalue weighted by molar-refractivity contribution is 0.110. The SMILES string of the molecule is O=C(Nc1ccccc1-c1ccccc1)OC1C[C@H]2CNC[C@H]2C1. The highest BCUT2D eigenvalue weighted by Crippen LogP contribution is 2.36. The second-order valence-electron chi connectivity index (χ2n) is 6.71. The number of rotatable bonds is 3. The van der Waals surface area contributed by atoms with Gasteiger partial charge < -0.3 is 10.1 Å². The number of carbonyl (C=O) groups is 1. The van der Waals surface area contributed by atoms with E-state index in [0.29, 0.717) is 11.8 Å². The molecule has 2 fully saturated rings. The fourth-order valence-corrected chi connectivity index (χ4v) is 3.96. The summed E-state index contributed by atoms with van der Waals surface area (Å²) in [6.07, 6.45) is 1.65. The molecule has 24 heavy (non-hydrogen) atoms. The minimum atomic E-state index is -0.351. The lowest BCUT2D eigenvalue weighted by atomic mass is 10.0. The molecule has 0 spiro atoms. The molecular formula is C20H22N2O2. The van der Waals surface area contributed by atoms with Crippen LogP contribution in [0.5, 0.6) is 0 Å². The Morgan fingerprint density at radius 3 is 2.38 bits per heavy atom. The fourth-order valence-electron chi connectivity index (χ4n) is 3.96. The summed E-state index contributed by atoms with van der Waals surface area (Å²) < 4.78 is 5.66. The van der Waals surface area contributed by atoms with Crippen LogP contribution >= 0.6 is 0 Å². The quantitative estimate of drug-likeness (QED) is 0.901. The van der Waals surface area contributed by atoms with E-state index in [0.717, 1.165) is 42.7 Å². The smallest absolute Gasteiger partial charge is 0.411 e. The van der Waals surface area contributed by atoms with Crippen LogP contribution in [0.15, 0.2) is 54.6 Å². The van der Waals surface area contributed by atoms with Gasteiger partial charge in [0.15, 0.2) is 0 Å². The van der Waals surface area contributed by atoms with Gasteiger partial charge in [-0.15, -0.1) is 0 Å². The molecule has 4 heteroatoms. The molecule has 1 saturated carbocycles. The maximum absolute atomic E-state index is 12.3. The van der Waals surface area contributed by atoms with E-state index in [4.69, 9.17) is 4.74 Å². The van der Waals surface area contributed by atoms with Crippen LogP contribution in [0.1, 0.15) is 12.8 Å². The number of anilines is 1. The Balaban J connectivity index is 1.43. The van der Waals surface area contributed by atoms with E-state index in [9.17, 15) is 4.79 Å². The summed E-state index contributed by atoms with van der Waals surface area (Å²) in [7, 11) is 0. The molecular weight excluding hydrogens is 300 g/mol. The molecule has 1 unspecified atom stereocenters. The molecule has 1 amide bonds. The number of carbonyl (C=O) groups excluding carboxylic acids is 1. The number of para-hydroxylation sites is 1. The predicted octanol–water partition coefficient (Wildman–Crippen LogP) is 3.90. The van der Waals surface area contributed by atoms with E-state index in [1.807, 2.05) is 54.6 Å². The Kier molecular flexibility index (Phi) is 4.22. The second-order valence-corrected chi connectivity index (χ2v) is 6.71. The molecule has 0 aromatic heterocycles. The first-order chi connectivity index (χ1) is 11.8. The molecule has 1 heterocycles. The molecule has 0 bridgehead atoms. The number of benzene rings is 2. The topological polar surface area (TPSA) is 50.4 Å². The summed E-state index contributed by atoms with van der Waals surface area (Å²) in [4.78, 5) is 12.3. The van der Waals surface area contributed by atoms with Crippen molar-refractivity contribution in [2.75, 3.05) is 18.4 Å². The van der Waals surface area contributed by atoms with Crippen molar-refractivity contribution in [2.24, 2.45) is 11.8 Å². The molecule has 4 nitrogen and oxygen atoms in total. The van der Waals surface area contributed by atoms with Crippen LogP contribution in [0.4, 0.5) is 10.5 Å². The summed E-state index contributed by atoms with van der Waals surface area (Å²) in [6, 6.07) is 17.9. The van der Waals surface area contributed by atoms with Crippen LogP contribution in [0, 0.1) is 11.8 Å². The Morgan fingerprint density at radius 2 is 1.62 bits per heavy atom. The number of hydrogen-bond donors (Lipinski definition) is 2. The lowest BCUT2D eigenvalue weighted by Gasteiger charge is -2.15. The monoisotopic (exact) mass is 322 g/mol. The molecule has 2 N–H and O–H groups in total. The van der Waals surface area contributed by atoms with Gasteiger partial charge in [0.1, 0.15) is 6.10 Å². The third-order valence-electron chi connectivity index (χ3n) is 5.13. The Bertz CT molecular complexity index is 705. The third-order valence-corrected chi connectivity index (χ3v) is 5.13. The molecule has 0 radical (unpaired) electrons. The normalized spacial score (nSPS) is 25.2. The number of hydrogen-bond acceptors (Lipinski definition) is 3. The Hall–Kier alpha value is -2.33. The van der Waals surface area contributed by atoms with E-state index in [1.54, 1.807) is 0 Å². The summed E-state index contributed by atoms with van der Waals surface area (Å²) >= 11 is 0. The first-order valence-corrected chi connectivity index (χ1v) is 8.62. The first kappa shape index (κ1) is 15.2. The number of nitrogens with one attached hydrogen (secondary N) is 2. The fraction of sp³-hybridized carbons (Fsp3) is 0.350. The molecule has 2 aromatic rings. The van der Waals surface area contributed by atoms with Gasteiger partial charge in [-0.1, -0.05) is 48.5 Å². The zero-order chi connectivity index (χ0) is 16.4. The highest BCUT2D eigenvalue weighted by atomic mass is 16.6. The molecule has 1 aliphatic carbocycles. The zero-order valence-corrected chi connectivity index (χ0v) is 13.6. The van der Waals surface area contributed by atoms with Gasteiger partial charge in [-0.3, -0.25) is 5.32 Å². The maximum Gasteiger partial charge on any atom is 0.411 e. The van der Waals surface area contributed by atoms with Crippen molar-refractivity contribution in [1.82, 2.24) is 5.32 Å². The van der Waals surface area contributed by atoms with E-state index < -0.39 is 0 Å². The molecule has 3 atom stereocenters. The standard InChI is InChI=1S/C20H22N2O2/c23-20(24-17-10-15-12-21-13-16(15)11-17)22-19-9-5-4-8-18(19)14-6-2-1-3-7-14/h1-9,15-17,21H,10-13H2,(H,22,23)/t15-,16+,17?. The van der Waals surface area contributed by atoms with Crippen molar-refractivity contribution in [3.63, 3.8) is 0 Å². The van der Waals surface area contributed by atoms with Crippen molar-refractivity contribution >= 4 is 11.8 Å². The van der Waals surface area contributed by atoms with Gasteiger partial charge in [-0.05, 0) is 49.4 Å². The van der Waals surface area contributed by atoms with Crippen LogP contribution in [-0.2, 0) is 4.74 Å². The molecule has 2 aromatic carbocycles. The van der Waals surface area contributed by atoms with E-state index in [1.165, 1.54) is 0 Å². The average molecular weight is 322 g/mol. The Morgan fingerprint density at radius 1 is 0.958 bits per heavy atom. The molecule has 4 rings (SSSR count). The highest BCUT2D eigenvalue weighted by Gasteiger charge is 2.39. The largest absolute Gasteiger partial charge is 0.446 e. The lowest BCUT2D eigenvalue weighted by Crippen LogP contribution is -2.23. The molecule has 1 aliphatic heterocycles. The predicted molar refractivity (Wildman–Crippen MR) is 94.9 cm³/mol. The Labute approximate surface area is 142 Å². The minimum Gasteiger partial charge on any atom is -0.446 e.